The van der Waals surface area contributed by atoms with Crippen molar-refractivity contribution in [2.75, 3.05) is 12.3 Å². The number of nitrogens with two attached hydrogens (primary N) is 1. The predicted octanol–water partition coefficient (Wildman–Crippen LogP) is 3.97. The number of ketones is 1. The van der Waals surface area contributed by atoms with E-state index in [1.807, 2.05) is 13.8 Å². The Labute approximate surface area is 126 Å². The fraction of sp³-hybridized carbons (Fsp3) is 0.188. The van der Waals surface area contributed by atoms with Crippen LogP contribution in [0.2, 0.25) is 0 Å². The van der Waals surface area contributed by atoms with Crippen LogP contribution in [0.3, 0.4) is 0 Å². The van der Waals surface area contributed by atoms with Gasteiger partial charge in [-0.1, -0.05) is 12.1 Å². The first kappa shape index (κ1) is 14.6. The van der Waals surface area contributed by atoms with E-state index in [4.69, 9.17) is 10.5 Å². The fourth-order valence-corrected chi connectivity index (χ4v) is 2.52. The van der Waals surface area contributed by atoms with Crippen LogP contribution in [0.15, 0.2) is 40.9 Å². The Kier molecular flexibility index (Phi) is 4.45. The molecule has 4 heteroatoms. The molecule has 3 nitrogen and oxygen atoms in total. The van der Waals surface area contributed by atoms with Gasteiger partial charge in [-0.3, -0.25) is 4.79 Å². The van der Waals surface area contributed by atoms with E-state index in [1.165, 1.54) is 0 Å². The van der Waals surface area contributed by atoms with E-state index in [9.17, 15) is 4.79 Å². The summed E-state index contributed by atoms with van der Waals surface area (Å²) in [5.41, 5.74) is 8.50. The van der Waals surface area contributed by atoms with E-state index < -0.39 is 0 Å². The number of carbonyl (C=O) groups excluding carboxylic acids is 1. The normalized spacial score (nSPS) is 10.3. The molecular weight excluding hydrogens is 318 g/mol. The molecule has 2 rings (SSSR count). The average Bonchev–Trinajstić information content (AvgIpc) is 2.42. The first-order chi connectivity index (χ1) is 9.54. The van der Waals surface area contributed by atoms with Crippen molar-refractivity contribution in [1.29, 1.82) is 0 Å². The van der Waals surface area contributed by atoms with Crippen molar-refractivity contribution in [3.8, 4) is 5.75 Å². The summed E-state index contributed by atoms with van der Waals surface area (Å²) >= 11 is 3.43. The third-order valence-electron chi connectivity index (χ3n) is 3.12. The number of nitrogen functional groups attached to an aromatic ring is 1. The van der Waals surface area contributed by atoms with Crippen molar-refractivity contribution in [1.82, 2.24) is 0 Å². The molecular formula is C16H16BrNO2. The summed E-state index contributed by atoms with van der Waals surface area (Å²) in [6.07, 6.45) is 0. The zero-order chi connectivity index (χ0) is 14.7. The molecule has 0 radical (unpaired) electrons. The Bertz CT molecular complexity index is 653. The maximum absolute atomic E-state index is 12.6. The summed E-state index contributed by atoms with van der Waals surface area (Å²) in [4.78, 5) is 12.6. The molecule has 0 heterocycles. The Morgan fingerprint density at radius 2 is 2.00 bits per heavy atom. The van der Waals surface area contributed by atoms with Crippen molar-refractivity contribution in [3.63, 3.8) is 0 Å². The van der Waals surface area contributed by atoms with Crippen molar-refractivity contribution in [2.45, 2.75) is 13.8 Å². The zero-order valence-electron chi connectivity index (χ0n) is 11.4. The molecule has 2 N–H and O–H groups in total. The lowest BCUT2D eigenvalue weighted by Crippen LogP contribution is -2.06. The fourth-order valence-electron chi connectivity index (χ4n) is 1.98. The number of rotatable bonds is 4. The molecule has 104 valence electrons. The van der Waals surface area contributed by atoms with Crippen LogP contribution < -0.4 is 10.5 Å². The summed E-state index contributed by atoms with van der Waals surface area (Å²) in [7, 11) is 0. The summed E-state index contributed by atoms with van der Waals surface area (Å²) < 4.78 is 6.13. The van der Waals surface area contributed by atoms with E-state index in [1.54, 1.807) is 36.4 Å². The second kappa shape index (κ2) is 6.09. The highest BCUT2D eigenvalue weighted by Gasteiger charge is 2.16. The molecule has 0 saturated heterocycles. The smallest absolute Gasteiger partial charge is 0.194 e. The van der Waals surface area contributed by atoms with E-state index in [0.29, 0.717) is 23.4 Å². The molecule has 0 aromatic heterocycles. The minimum absolute atomic E-state index is 0.0512. The molecule has 2 aromatic carbocycles. The van der Waals surface area contributed by atoms with Gasteiger partial charge in [-0.05, 0) is 59.6 Å². The summed E-state index contributed by atoms with van der Waals surface area (Å²) in [5, 5.41) is 0. The Morgan fingerprint density at radius 1 is 1.25 bits per heavy atom. The van der Waals surface area contributed by atoms with Gasteiger partial charge in [-0.15, -0.1) is 0 Å². The van der Waals surface area contributed by atoms with Gasteiger partial charge in [0.15, 0.2) is 5.78 Å². The topological polar surface area (TPSA) is 52.3 Å². The first-order valence-electron chi connectivity index (χ1n) is 6.36. The number of ether oxygens (including phenoxy) is 1. The summed E-state index contributed by atoms with van der Waals surface area (Å²) in [6, 6.07) is 10.7. The van der Waals surface area contributed by atoms with Gasteiger partial charge in [-0.2, -0.15) is 0 Å². The number of halogens is 1. The predicted molar refractivity (Wildman–Crippen MR) is 84.3 cm³/mol. The lowest BCUT2D eigenvalue weighted by molar-refractivity contribution is 0.103. The molecule has 0 aliphatic carbocycles. The molecule has 0 bridgehead atoms. The van der Waals surface area contributed by atoms with Crippen LogP contribution in [-0.2, 0) is 0 Å². The maximum Gasteiger partial charge on any atom is 0.194 e. The van der Waals surface area contributed by atoms with Crippen LogP contribution in [0.5, 0.6) is 5.75 Å². The Morgan fingerprint density at radius 3 is 2.65 bits per heavy atom. The van der Waals surface area contributed by atoms with E-state index in [0.717, 1.165) is 15.8 Å². The van der Waals surface area contributed by atoms with Crippen LogP contribution in [-0.4, -0.2) is 12.4 Å². The molecule has 20 heavy (non-hydrogen) atoms. The highest BCUT2D eigenvalue weighted by molar-refractivity contribution is 9.10. The van der Waals surface area contributed by atoms with Crippen molar-refractivity contribution in [3.05, 3.63) is 57.6 Å². The second-order valence-electron chi connectivity index (χ2n) is 4.42. The van der Waals surface area contributed by atoms with Gasteiger partial charge in [0.1, 0.15) is 5.75 Å². The largest absolute Gasteiger partial charge is 0.494 e. The molecule has 0 aliphatic rings. The Balaban J connectivity index is 2.41. The highest BCUT2D eigenvalue weighted by Crippen LogP contribution is 2.27. The molecule has 0 amide bonds. The van der Waals surface area contributed by atoms with Crippen LogP contribution in [0.25, 0.3) is 0 Å². The van der Waals surface area contributed by atoms with Gasteiger partial charge in [0, 0.05) is 21.3 Å². The highest BCUT2D eigenvalue weighted by atomic mass is 79.9. The van der Waals surface area contributed by atoms with Gasteiger partial charge >= 0.3 is 0 Å². The van der Waals surface area contributed by atoms with Gasteiger partial charge in [0.05, 0.1) is 6.61 Å². The maximum atomic E-state index is 12.6. The number of anilines is 1. The third kappa shape index (κ3) is 2.85. The monoisotopic (exact) mass is 333 g/mol. The van der Waals surface area contributed by atoms with Gasteiger partial charge in [0.2, 0.25) is 0 Å². The number of benzene rings is 2. The summed E-state index contributed by atoms with van der Waals surface area (Å²) in [6.45, 7) is 4.36. The zero-order valence-corrected chi connectivity index (χ0v) is 13.0. The number of hydrogen-bond acceptors (Lipinski definition) is 3. The van der Waals surface area contributed by atoms with Crippen LogP contribution in [0, 0.1) is 6.92 Å². The van der Waals surface area contributed by atoms with Gasteiger partial charge in [0.25, 0.3) is 0 Å². The molecule has 0 spiro atoms. The minimum Gasteiger partial charge on any atom is -0.494 e. The van der Waals surface area contributed by atoms with E-state index in [-0.39, 0.29) is 5.78 Å². The second-order valence-corrected chi connectivity index (χ2v) is 5.28. The molecule has 0 aliphatic heterocycles. The number of carbonyl (C=O) groups is 1. The minimum atomic E-state index is -0.0512. The molecule has 0 saturated carbocycles. The molecule has 0 fully saturated rings. The van der Waals surface area contributed by atoms with Crippen molar-refractivity contribution < 1.29 is 9.53 Å². The average molecular weight is 334 g/mol. The van der Waals surface area contributed by atoms with Crippen molar-refractivity contribution >= 4 is 27.4 Å². The number of hydrogen-bond donors (Lipinski definition) is 1. The summed E-state index contributed by atoms with van der Waals surface area (Å²) in [5.74, 6) is 0.685. The van der Waals surface area contributed by atoms with E-state index >= 15 is 0 Å². The molecule has 2 aromatic rings. The molecule has 0 atom stereocenters. The van der Waals surface area contributed by atoms with E-state index in [2.05, 4.69) is 15.9 Å². The SMILES string of the molecule is CCOc1ccc(C(=O)c2cccc(N)c2C)c(Br)c1. The quantitative estimate of drug-likeness (QED) is 0.680. The standard InChI is InChI=1S/C16H16BrNO2/c1-3-20-11-7-8-13(14(17)9-11)16(19)12-5-4-6-15(18)10(12)2/h4-9H,3,18H2,1-2H3. The Hall–Kier alpha value is -1.81. The van der Waals surface area contributed by atoms with Gasteiger partial charge in [-0.25, -0.2) is 0 Å². The lowest BCUT2D eigenvalue weighted by Gasteiger charge is -2.10. The van der Waals surface area contributed by atoms with Crippen LogP contribution >= 0.6 is 15.9 Å². The van der Waals surface area contributed by atoms with Crippen LogP contribution in [0.1, 0.15) is 28.4 Å². The van der Waals surface area contributed by atoms with Gasteiger partial charge < -0.3 is 10.5 Å². The third-order valence-corrected chi connectivity index (χ3v) is 3.77. The lowest BCUT2D eigenvalue weighted by atomic mass is 9.98. The van der Waals surface area contributed by atoms with Crippen LogP contribution in [0.4, 0.5) is 5.69 Å². The molecule has 0 unspecified atom stereocenters. The first-order valence-corrected chi connectivity index (χ1v) is 7.16. The van der Waals surface area contributed by atoms with Crippen molar-refractivity contribution in [2.24, 2.45) is 0 Å².